The number of benzene rings is 2. The molecule has 3 aromatic rings. The van der Waals surface area contributed by atoms with Gasteiger partial charge in [-0.1, -0.05) is 43.2 Å². The third kappa shape index (κ3) is 5.95. The van der Waals surface area contributed by atoms with Crippen molar-refractivity contribution < 1.29 is 13.2 Å². The lowest BCUT2D eigenvalue weighted by Crippen LogP contribution is -2.41. The molecule has 0 bridgehead atoms. The van der Waals surface area contributed by atoms with Crippen molar-refractivity contribution in [2.45, 2.75) is 43.7 Å². The van der Waals surface area contributed by atoms with Crippen LogP contribution in [0.3, 0.4) is 0 Å². The van der Waals surface area contributed by atoms with Gasteiger partial charge in [0.15, 0.2) is 0 Å². The molecule has 184 valence electrons. The zero-order chi connectivity index (χ0) is 24.8. The largest absolute Gasteiger partial charge is 0.331 e. The van der Waals surface area contributed by atoms with Gasteiger partial charge in [-0.2, -0.15) is 4.31 Å². The average Bonchev–Trinajstić information content (AvgIpc) is 3.15. The lowest BCUT2D eigenvalue weighted by Gasteiger charge is -2.20. The minimum Gasteiger partial charge on any atom is -0.325 e. The van der Waals surface area contributed by atoms with Crippen molar-refractivity contribution in [3.8, 4) is 0 Å². The Morgan fingerprint density at radius 1 is 0.857 bits per heavy atom. The zero-order valence-electron chi connectivity index (χ0n) is 19.3. The molecule has 2 heterocycles. The number of anilines is 1. The molecule has 0 unspecified atom stereocenters. The fraction of sp³-hybridized carbons (Fsp3) is 0.320. The van der Waals surface area contributed by atoms with E-state index in [1.807, 2.05) is 30.3 Å². The van der Waals surface area contributed by atoms with Gasteiger partial charge in [-0.25, -0.2) is 13.2 Å². The smallest absolute Gasteiger partial charge is 0.325 e. The number of amides is 1. The molecule has 9 nitrogen and oxygen atoms in total. The number of nitrogens with one attached hydrogen (secondary N) is 1. The summed E-state index contributed by atoms with van der Waals surface area (Å²) in [7, 11) is -3.59. The molecule has 0 aliphatic carbocycles. The molecule has 2 aromatic carbocycles. The van der Waals surface area contributed by atoms with Gasteiger partial charge in [0.25, 0.3) is 5.56 Å². The number of carbonyl (C=O) groups excluding carboxylic acids is 1. The van der Waals surface area contributed by atoms with Crippen LogP contribution >= 0.6 is 0 Å². The van der Waals surface area contributed by atoms with Crippen LogP contribution in [0.4, 0.5) is 5.69 Å². The maximum Gasteiger partial charge on any atom is 0.331 e. The van der Waals surface area contributed by atoms with Crippen molar-refractivity contribution >= 4 is 21.6 Å². The second-order valence-corrected chi connectivity index (χ2v) is 10.5. The SMILES string of the molecule is O=C(Cn1c(=O)ccn(Cc2ccccc2)c1=O)Nc1ccc(S(=O)(=O)N2CCCCCC2)cc1. The number of sulfonamides is 1. The standard InChI is InChI=1S/C25H28N4O5S/c30-23(19-29-24(31)14-17-27(25(29)32)18-20-8-4-3-5-9-20)26-21-10-12-22(13-11-21)35(33,34)28-15-6-1-2-7-16-28/h3-5,8-14,17H,1-2,6-7,15-16,18-19H2,(H,26,30). The molecule has 1 aromatic heterocycles. The van der Waals surface area contributed by atoms with E-state index in [1.54, 1.807) is 0 Å². The van der Waals surface area contributed by atoms with Gasteiger partial charge in [0.1, 0.15) is 6.54 Å². The number of aromatic nitrogens is 2. The summed E-state index contributed by atoms with van der Waals surface area (Å²) in [4.78, 5) is 37.8. The summed E-state index contributed by atoms with van der Waals surface area (Å²) in [5.74, 6) is -0.565. The highest BCUT2D eigenvalue weighted by Gasteiger charge is 2.25. The maximum atomic E-state index is 12.9. The zero-order valence-corrected chi connectivity index (χ0v) is 20.1. The number of nitrogens with zero attached hydrogens (tertiary/aromatic N) is 3. The fourth-order valence-corrected chi connectivity index (χ4v) is 5.61. The van der Waals surface area contributed by atoms with Crippen molar-refractivity contribution in [2.75, 3.05) is 18.4 Å². The molecule has 1 amide bonds. The molecule has 1 aliphatic heterocycles. The van der Waals surface area contributed by atoms with Crippen LogP contribution in [0.5, 0.6) is 0 Å². The quantitative estimate of drug-likeness (QED) is 0.540. The fourth-order valence-electron chi connectivity index (χ4n) is 4.09. The molecule has 1 fully saturated rings. The highest BCUT2D eigenvalue weighted by molar-refractivity contribution is 7.89. The summed E-state index contributed by atoms with van der Waals surface area (Å²) in [6.07, 6.45) is 5.16. The molecular formula is C25H28N4O5S. The van der Waals surface area contributed by atoms with E-state index in [0.717, 1.165) is 35.8 Å². The molecule has 1 N–H and O–H groups in total. The van der Waals surface area contributed by atoms with Crippen LogP contribution in [0, 0.1) is 0 Å². The summed E-state index contributed by atoms with van der Waals surface area (Å²) in [5.41, 5.74) is 0.0987. The van der Waals surface area contributed by atoms with Gasteiger partial charge in [0.2, 0.25) is 15.9 Å². The number of hydrogen-bond acceptors (Lipinski definition) is 5. The first kappa shape index (κ1) is 24.6. The van der Waals surface area contributed by atoms with E-state index in [-0.39, 0.29) is 11.4 Å². The Hall–Kier alpha value is -3.50. The number of hydrogen-bond donors (Lipinski definition) is 1. The average molecular weight is 497 g/mol. The Kier molecular flexibility index (Phi) is 7.62. The predicted octanol–water partition coefficient (Wildman–Crippen LogP) is 2.26. The molecule has 35 heavy (non-hydrogen) atoms. The van der Waals surface area contributed by atoms with E-state index in [0.29, 0.717) is 18.8 Å². The van der Waals surface area contributed by atoms with Gasteiger partial charge < -0.3 is 5.32 Å². The van der Waals surface area contributed by atoms with Gasteiger partial charge in [-0.15, -0.1) is 0 Å². The maximum absolute atomic E-state index is 12.9. The van der Waals surface area contributed by atoms with Crippen LogP contribution < -0.4 is 16.6 Å². The number of rotatable bonds is 7. The van der Waals surface area contributed by atoms with Crippen LogP contribution in [-0.4, -0.2) is 40.9 Å². The molecule has 1 aliphatic rings. The molecule has 0 saturated carbocycles. The topological polar surface area (TPSA) is 110 Å². The Morgan fingerprint density at radius 3 is 2.17 bits per heavy atom. The second-order valence-electron chi connectivity index (χ2n) is 8.53. The normalized spacial score (nSPS) is 14.9. The second kappa shape index (κ2) is 10.8. The van der Waals surface area contributed by atoms with Crippen molar-refractivity contribution in [1.29, 1.82) is 0 Å². The monoisotopic (exact) mass is 496 g/mol. The first-order chi connectivity index (χ1) is 16.8. The first-order valence-electron chi connectivity index (χ1n) is 11.6. The highest BCUT2D eigenvalue weighted by atomic mass is 32.2. The van der Waals surface area contributed by atoms with Crippen molar-refractivity contribution in [2.24, 2.45) is 0 Å². The first-order valence-corrected chi connectivity index (χ1v) is 13.0. The molecule has 0 atom stereocenters. The lowest BCUT2D eigenvalue weighted by molar-refractivity contribution is -0.116. The van der Waals surface area contributed by atoms with Gasteiger partial charge in [0.05, 0.1) is 11.4 Å². The van der Waals surface area contributed by atoms with E-state index >= 15 is 0 Å². The van der Waals surface area contributed by atoms with Crippen LogP contribution in [0.15, 0.2) is 81.3 Å². The lowest BCUT2D eigenvalue weighted by atomic mass is 10.2. The van der Waals surface area contributed by atoms with Gasteiger partial charge in [0, 0.05) is 31.0 Å². The molecule has 10 heteroatoms. The van der Waals surface area contributed by atoms with Crippen LogP contribution in [0.2, 0.25) is 0 Å². The van der Waals surface area contributed by atoms with Crippen LogP contribution in [0.1, 0.15) is 31.2 Å². The Labute approximate surface area is 203 Å². The summed E-state index contributed by atoms with van der Waals surface area (Å²) in [5, 5.41) is 2.63. The summed E-state index contributed by atoms with van der Waals surface area (Å²) in [6.45, 7) is 0.832. The summed E-state index contributed by atoms with van der Waals surface area (Å²) in [6, 6.07) is 16.5. The van der Waals surface area contributed by atoms with E-state index in [9.17, 15) is 22.8 Å². The highest BCUT2D eigenvalue weighted by Crippen LogP contribution is 2.21. The molecule has 0 spiro atoms. The minimum absolute atomic E-state index is 0.167. The number of carbonyl (C=O) groups is 1. The predicted molar refractivity (Wildman–Crippen MR) is 133 cm³/mol. The Balaban J connectivity index is 1.45. The Bertz CT molecular complexity index is 1390. The summed E-state index contributed by atoms with van der Waals surface area (Å²) >= 11 is 0. The van der Waals surface area contributed by atoms with Crippen molar-refractivity contribution in [1.82, 2.24) is 13.4 Å². The molecule has 1 saturated heterocycles. The van der Waals surface area contributed by atoms with Gasteiger partial charge >= 0.3 is 5.69 Å². The molecular weight excluding hydrogens is 468 g/mol. The summed E-state index contributed by atoms with van der Waals surface area (Å²) < 4.78 is 29.6. The van der Waals surface area contributed by atoms with Gasteiger partial charge in [-0.05, 0) is 42.7 Å². The third-order valence-corrected chi connectivity index (χ3v) is 7.89. The minimum atomic E-state index is -3.59. The van der Waals surface area contributed by atoms with Crippen LogP contribution in [0.25, 0.3) is 0 Å². The van der Waals surface area contributed by atoms with E-state index in [1.165, 1.54) is 45.4 Å². The Morgan fingerprint density at radius 2 is 1.51 bits per heavy atom. The third-order valence-electron chi connectivity index (χ3n) is 5.98. The molecule has 0 radical (unpaired) electrons. The van der Waals surface area contributed by atoms with Crippen molar-refractivity contribution in [3.05, 3.63) is 93.3 Å². The molecule has 4 rings (SSSR count). The van der Waals surface area contributed by atoms with Crippen LogP contribution in [-0.2, 0) is 27.9 Å². The van der Waals surface area contributed by atoms with E-state index in [4.69, 9.17) is 0 Å². The van der Waals surface area contributed by atoms with E-state index in [2.05, 4.69) is 5.32 Å². The van der Waals surface area contributed by atoms with Crippen molar-refractivity contribution in [3.63, 3.8) is 0 Å². The van der Waals surface area contributed by atoms with Gasteiger partial charge in [-0.3, -0.25) is 18.7 Å². The van der Waals surface area contributed by atoms with E-state index < -0.39 is 33.7 Å².